The molecule has 1 aromatic rings. The lowest BCUT2D eigenvalue weighted by Crippen LogP contribution is -2.43. The molecule has 0 aliphatic heterocycles. The first-order valence-corrected chi connectivity index (χ1v) is 10.1. The molecule has 0 radical (unpaired) electrons. The number of hydrogen-bond donors (Lipinski definition) is 2. The molecule has 0 spiro atoms. The summed E-state index contributed by atoms with van der Waals surface area (Å²) in [4.78, 5) is 6.77. The molecule has 1 rings (SSSR count). The summed E-state index contributed by atoms with van der Waals surface area (Å²) in [6.45, 7) is 11.5. The standard InChI is InChI=1S/C21H38N4O2.HI/c1-6-25(7-2)16-8-10-18(3)24-21(22-4)23-15-9-17-27-20-13-11-19(26-5)12-14-20;/h11-14,18H,6-10,15-17H2,1-5H3,(H2,22,23,24);1H. The summed E-state index contributed by atoms with van der Waals surface area (Å²) in [7, 11) is 3.47. The van der Waals surface area contributed by atoms with E-state index in [0.717, 1.165) is 56.5 Å². The predicted molar refractivity (Wildman–Crippen MR) is 130 cm³/mol. The van der Waals surface area contributed by atoms with E-state index in [1.807, 2.05) is 31.3 Å². The highest BCUT2D eigenvalue weighted by atomic mass is 127. The van der Waals surface area contributed by atoms with Crippen molar-refractivity contribution in [2.45, 2.75) is 46.1 Å². The molecule has 1 atom stereocenters. The molecule has 0 aliphatic rings. The lowest BCUT2D eigenvalue weighted by molar-refractivity contribution is 0.292. The monoisotopic (exact) mass is 506 g/mol. The maximum Gasteiger partial charge on any atom is 0.191 e. The predicted octanol–water partition coefficient (Wildman–Crippen LogP) is 3.76. The fourth-order valence-electron chi connectivity index (χ4n) is 2.80. The van der Waals surface area contributed by atoms with Crippen LogP contribution in [0.15, 0.2) is 29.3 Å². The average molecular weight is 506 g/mol. The summed E-state index contributed by atoms with van der Waals surface area (Å²) < 4.78 is 10.9. The zero-order valence-electron chi connectivity index (χ0n) is 18.2. The van der Waals surface area contributed by atoms with Gasteiger partial charge in [-0.2, -0.15) is 0 Å². The molecular weight excluding hydrogens is 467 g/mol. The zero-order chi connectivity index (χ0) is 19.9. The Morgan fingerprint density at radius 2 is 1.75 bits per heavy atom. The molecule has 0 saturated carbocycles. The van der Waals surface area contributed by atoms with Gasteiger partial charge in [-0.1, -0.05) is 13.8 Å². The van der Waals surface area contributed by atoms with Crippen LogP contribution in [0.25, 0.3) is 0 Å². The molecule has 0 saturated heterocycles. The van der Waals surface area contributed by atoms with Crippen molar-refractivity contribution in [3.8, 4) is 11.5 Å². The van der Waals surface area contributed by atoms with Gasteiger partial charge in [0.05, 0.1) is 13.7 Å². The van der Waals surface area contributed by atoms with Crippen LogP contribution in [0.5, 0.6) is 11.5 Å². The third-order valence-corrected chi connectivity index (χ3v) is 4.55. The second kappa shape index (κ2) is 16.7. The minimum Gasteiger partial charge on any atom is -0.497 e. The van der Waals surface area contributed by atoms with Gasteiger partial charge in [0.25, 0.3) is 0 Å². The van der Waals surface area contributed by atoms with E-state index in [1.165, 1.54) is 6.42 Å². The van der Waals surface area contributed by atoms with E-state index < -0.39 is 0 Å². The molecule has 6 nitrogen and oxygen atoms in total. The van der Waals surface area contributed by atoms with Crippen LogP contribution in [0.2, 0.25) is 0 Å². The third kappa shape index (κ3) is 11.6. The van der Waals surface area contributed by atoms with Gasteiger partial charge in [-0.15, -0.1) is 24.0 Å². The summed E-state index contributed by atoms with van der Waals surface area (Å²) in [5, 5.41) is 6.82. The number of halogens is 1. The van der Waals surface area contributed by atoms with Gasteiger partial charge in [-0.05, 0) is 70.1 Å². The number of nitrogens with zero attached hydrogens (tertiary/aromatic N) is 2. The number of hydrogen-bond acceptors (Lipinski definition) is 4. The van der Waals surface area contributed by atoms with Crippen LogP contribution in [0, 0.1) is 0 Å². The van der Waals surface area contributed by atoms with Crippen LogP contribution in [-0.2, 0) is 0 Å². The van der Waals surface area contributed by atoms with Crippen LogP contribution < -0.4 is 20.1 Å². The molecular formula is C21H39IN4O2. The van der Waals surface area contributed by atoms with Crippen molar-refractivity contribution in [2.24, 2.45) is 4.99 Å². The van der Waals surface area contributed by atoms with Crippen LogP contribution in [0.4, 0.5) is 0 Å². The highest BCUT2D eigenvalue weighted by Gasteiger charge is 2.06. The summed E-state index contributed by atoms with van der Waals surface area (Å²) >= 11 is 0. The van der Waals surface area contributed by atoms with Gasteiger partial charge in [0.15, 0.2) is 5.96 Å². The number of nitrogens with one attached hydrogen (secondary N) is 2. The van der Waals surface area contributed by atoms with E-state index in [0.29, 0.717) is 12.6 Å². The number of ether oxygens (including phenoxy) is 2. The van der Waals surface area contributed by atoms with E-state index in [2.05, 4.69) is 41.3 Å². The Balaban J connectivity index is 0.00000729. The highest BCUT2D eigenvalue weighted by Crippen LogP contribution is 2.16. The Kier molecular flexibility index (Phi) is 16.0. The number of rotatable bonds is 13. The van der Waals surface area contributed by atoms with E-state index in [1.54, 1.807) is 7.11 Å². The minimum absolute atomic E-state index is 0. The number of guanidine groups is 1. The topological polar surface area (TPSA) is 58.1 Å². The van der Waals surface area contributed by atoms with Gasteiger partial charge in [0.2, 0.25) is 0 Å². The van der Waals surface area contributed by atoms with Gasteiger partial charge in [-0.25, -0.2) is 0 Å². The van der Waals surface area contributed by atoms with E-state index >= 15 is 0 Å². The van der Waals surface area contributed by atoms with Gasteiger partial charge in [-0.3, -0.25) is 4.99 Å². The van der Waals surface area contributed by atoms with Crippen molar-refractivity contribution in [1.29, 1.82) is 0 Å². The van der Waals surface area contributed by atoms with E-state index in [-0.39, 0.29) is 24.0 Å². The van der Waals surface area contributed by atoms with Crippen LogP contribution in [0.1, 0.15) is 40.0 Å². The fourth-order valence-corrected chi connectivity index (χ4v) is 2.80. The smallest absolute Gasteiger partial charge is 0.191 e. The maximum atomic E-state index is 5.74. The molecule has 0 amide bonds. The van der Waals surface area contributed by atoms with Crippen molar-refractivity contribution >= 4 is 29.9 Å². The summed E-state index contributed by atoms with van der Waals surface area (Å²) in [5.41, 5.74) is 0. The first-order valence-electron chi connectivity index (χ1n) is 10.1. The Morgan fingerprint density at radius 1 is 1.11 bits per heavy atom. The number of benzene rings is 1. The van der Waals surface area contributed by atoms with E-state index in [4.69, 9.17) is 9.47 Å². The van der Waals surface area contributed by atoms with Crippen molar-refractivity contribution in [3.63, 3.8) is 0 Å². The quantitative estimate of drug-likeness (QED) is 0.185. The number of methoxy groups -OCH3 is 1. The molecule has 0 bridgehead atoms. The molecule has 0 aliphatic carbocycles. The first kappa shape index (κ1) is 26.8. The fraction of sp³-hybridized carbons (Fsp3) is 0.667. The van der Waals surface area contributed by atoms with Gasteiger partial charge in [0, 0.05) is 19.6 Å². The summed E-state index contributed by atoms with van der Waals surface area (Å²) in [5.74, 6) is 2.56. The van der Waals surface area contributed by atoms with Crippen LogP contribution in [-0.4, -0.2) is 63.8 Å². The van der Waals surface area contributed by atoms with Crippen molar-refractivity contribution in [2.75, 3.05) is 46.9 Å². The van der Waals surface area contributed by atoms with Gasteiger partial charge < -0.3 is 25.0 Å². The van der Waals surface area contributed by atoms with Crippen molar-refractivity contribution in [3.05, 3.63) is 24.3 Å². The van der Waals surface area contributed by atoms with Crippen molar-refractivity contribution < 1.29 is 9.47 Å². The van der Waals surface area contributed by atoms with Gasteiger partial charge in [0.1, 0.15) is 11.5 Å². The molecule has 28 heavy (non-hydrogen) atoms. The SMILES string of the molecule is CCN(CC)CCCC(C)NC(=NC)NCCCOc1ccc(OC)cc1.I. The second-order valence-corrected chi connectivity index (χ2v) is 6.59. The van der Waals surface area contributed by atoms with E-state index in [9.17, 15) is 0 Å². The lowest BCUT2D eigenvalue weighted by Gasteiger charge is -2.21. The third-order valence-electron chi connectivity index (χ3n) is 4.55. The van der Waals surface area contributed by atoms with Crippen LogP contribution >= 0.6 is 24.0 Å². The Labute approximate surface area is 188 Å². The lowest BCUT2D eigenvalue weighted by atomic mass is 10.2. The Hall–Kier alpha value is -1.22. The molecule has 2 N–H and O–H groups in total. The molecule has 1 unspecified atom stereocenters. The molecule has 162 valence electrons. The average Bonchev–Trinajstić information content (AvgIpc) is 2.70. The molecule has 0 fully saturated rings. The molecule has 1 aromatic carbocycles. The highest BCUT2D eigenvalue weighted by molar-refractivity contribution is 14.0. The first-order chi connectivity index (χ1) is 13.1. The summed E-state index contributed by atoms with van der Waals surface area (Å²) in [6.07, 6.45) is 3.24. The molecule has 0 heterocycles. The zero-order valence-corrected chi connectivity index (χ0v) is 20.5. The normalized spacial score (nSPS) is 12.3. The van der Waals surface area contributed by atoms with Crippen molar-refractivity contribution in [1.82, 2.24) is 15.5 Å². The molecule has 7 heteroatoms. The second-order valence-electron chi connectivity index (χ2n) is 6.59. The molecule has 0 aromatic heterocycles. The maximum absolute atomic E-state index is 5.74. The minimum atomic E-state index is 0. The largest absolute Gasteiger partial charge is 0.497 e. The Bertz CT molecular complexity index is 522. The van der Waals surface area contributed by atoms with Gasteiger partial charge >= 0.3 is 0 Å². The van der Waals surface area contributed by atoms with Crippen LogP contribution in [0.3, 0.4) is 0 Å². The Morgan fingerprint density at radius 3 is 2.32 bits per heavy atom. The number of aliphatic imine (C=N–C) groups is 1. The summed E-state index contributed by atoms with van der Waals surface area (Å²) in [6, 6.07) is 8.06.